The maximum atomic E-state index is 12.9. The number of nitrogens with one attached hydrogen (secondary N) is 1. The van der Waals surface area contributed by atoms with Gasteiger partial charge in [0.1, 0.15) is 22.5 Å². The van der Waals surface area contributed by atoms with E-state index in [-0.39, 0.29) is 5.82 Å². The van der Waals surface area contributed by atoms with Crippen molar-refractivity contribution in [3.8, 4) is 6.07 Å². The molecule has 0 saturated heterocycles. The molecular weight excluding hydrogens is 237 g/mol. The predicted octanol–water partition coefficient (Wildman–Crippen LogP) is 3.51. The number of hydrogen-bond acceptors (Lipinski definition) is 4. The van der Waals surface area contributed by atoms with Crippen LogP contribution in [0.3, 0.4) is 0 Å². The van der Waals surface area contributed by atoms with Crippen LogP contribution in [-0.2, 0) is 0 Å². The average Bonchev–Trinajstić information content (AvgIpc) is 2.63. The van der Waals surface area contributed by atoms with Crippen LogP contribution >= 0.6 is 11.5 Å². The van der Waals surface area contributed by atoms with Crippen LogP contribution in [0, 0.1) is 31.0 Å². The van der Waals surface area contributed by atoms with Crippen molar-refractivity contribution >= 4 is 22.2 Å². The van der Waals surface area contributed by atoms with E-state index in [4.69, 9.17) is 5.26 Å². The molecule has 86 valence electrons. The highest BCUT2D eigenvalue weighted by Gasteiger charge is 2.11. The Bertz CT molecular complexity index is 598. The van der Waals surface area contributed by atoms with Crippen molar-refractivity contribution in [2.75, 3.05) is 5.32 Å². The van der Waals surface area contributed by atoms with Gasteiger partial charge in [0.15, 0.2) is 0 Å². The summed E-state index contributed by atoms with van der Waals surface area (Å²) >= 11 is 1.23. The summed E-state index contributed by atoms with van der Waals surface area (Å²) in [6, 6.07) is 6.59. The van der Waals surface area contributed by atoms with Crippen LogP contribution in [0.15, 0.2) is 18.2 Å². The Morgan fingerprint density at radius 2 is 2.18 bits per heavy atom. The molecule has 0 spiro atoms. The van der Waals surface area contributed by atoms with E-state index < -0.39 is 0 Å². The SMILES string of the molecule is Cc1cc(F)ccc1Nc1snc(C)c1C#N. The molecule has 1 aromatic heterocycles. The number of anilines is 2. The Kier molecular flexibility index (Phi) is 3.07. The fraction of sp³-hybridized carbons (Fsp3) is 0.167. The van der Waals surface area contributed by atoms with Crippen molar-refractivity contribution in [3.05, 3.63) is 40.8 Å². The minimum atomic E-state index is -0.269. The van der Waals surface area contributed by atoms with Gasteiger partial charge in [-0.1, -0.05) is 0 Å². The molecule has 0 amide bonds. The maximum absolute atomic E-state index is 12.9. The standard InChI is InChI=1S/C12H10FN3S/c1-7-5-9(13)3-4-11(7)15-12-10(6-14)8(2)16-17-12/h3-5,15H,1-2H3. The highest BCUT2D eigenvalue weighted by Crippen LogP contribution is 2.28. The summed E-state index contributed by atoms with van der Waals surface area (Å²) < 4.78 is 17.1. The molecule has 0 fully saturated rings. The number of hydrogen-bond donors (Lipinski definition) is 1. The fourth-order valence-electron chi connectivity index (χ4n) is 1.48. The van der Waals surface area contributed by atoms with E-state index in [1.54, 1.807) is 13.0 Å². The van der Waals surface area contributed by atoms with Crippen LogP contribution in [0.5, 0.6) is 0 Å². The molecule has 1 N–H and O–H groups in total. The zero-order valence-corrected chi connectivity index (χ0v) is 10.2. The molecule has 0 saturated carbocycles. The van der Waals surface area contributed by atoms with E-state index in [1.165, 1.54) is 23.7 Å². The molecule has 0 bridgehead atoms. The number of benzene rings is 1. The number of nitriles is 1. The summed E-state index contributed by atoms with van der Waals surface area (Å²) in [5.41, 5.74) is 2.82. The number of halogens is 1. The number of aryl methyl sites for hydroxylation is 2. The van der Waals surface area contributed by atoms with E-state index in [0.29, 0.717) is 16.3 Å². The lowest BCUT2D eigenvalue weighted by Crippen LogP contribution is -1.93. The Morgan fingerprint density at radius 1 is 1.41 bits per heavy atom. The van der Waals surface area contributed by atoms with Crippen molar-refractivity contribution in [1.82, 2.24) is 4.37 Å². The molecule has 3 nitrogen and oxygen atoms in total. The van der Waals surface area contributed by atoms with Gasteiger partial charge in [-0.3, -0.25) is 0 Å². The highest BCUT2D eigenvalue weighted by atomic mass is 32.1. The van der Waals surface area contributed by atoms with Crippen molar-refractivity contribution < 1.29 is 4.39 Å². The van der Waals surface area contributed by atoms with Crippen LogP contribution in [0.1, 0.15) is 16.8 Å². The predicted molar refractivity (Wildman–Crippen MR) is 66.0 cm³/mol. The van der Waals surface area contributed by atoms with Gasteiger partial charge in [-0.25, -0.2) is 4.39 Å². The van der Waals surface area contributed by atoms with Gasteiger partial charge in [-0.2, -0.15) is 9.64 Å². The Labute approximate surface area is 103 Å². The molecule has 0 radical (unpaired) electrons. The second-order valence-electron chi connectivity index (χ2n) is 3.67. The summed E-state index contributed by atoms with van der Waals surface area (Å²) in [6.45, 7) is 3.60. The molecule has 1 aromatic carbocycles. The van der Waals surface area contributed by atoms with E-state index in [2.05, 4.69) is 15.8 Å². The molecular formula is C12H10FN3S. The minimum absolute atomic E-state index is 0.269. The topological polar surface area (TPSA) is 48.7 Å². The normalized spacial score (nSPS) is 10.0. The number of nitrogens with zero attached hydrogens (tertiary/aromatic N) is 2. The number of aromatic nitrogens is 1. The molecule has 2 rings (SSSR count). The van der Waals surface area contributed by atoms with E-state index in [0.717, 1.165) is 11.3 Å². The Balaban J connectivity index is 2.35. The van der Waals surface area contributed by atoms with Crippen LogP contribution in [0.25, 0.3) is 0 Å². The number of rotatable bonds is 2. The Morgan fingerprint density at radius 3 is 2.82 bits per heavy atom. The van der Waals surface area contributed by atoms with Gasteiger partial charge in [-0.15, -0.1) is 0 Å². The van der Waals surface area contributed by atoms with Crippen LogP contribution in [0.4, 0.5) is 15.1 Å². The lowest BCUT2D eigenvalue weighted by atomic mass is 10.2. The fourth-order valence-corrected chi connectivity index (χ4v) is 2.24. The van der Waals surface area contributed by atoms with Gasteiger partial charge in [0.05, 0.1) is 5.69 Å². The second kappa shape index (κ2) is 4.52. The lowest BCUT2D eigenvalue weighted by molar-refractivity contribution is 0.627. The third-order valence-corrected chi connectivity index (χ3v) is 3.27. The first-order valence-corrected chi connectivity index (χ1v) is 5.78. The Hall–Kier alpha value is -1.93. The first-order chi connectivity index (χ1) is 8.11. The molecule has 1 heterocycles. The van der Waals surface area contributed by atoms with Crippen molar-refractivity contribution in [2.45, 2.75) is 13.8 Å². The maximum Gasteiger partial charge on any atom is 0.132 e. The monoisotopic (exact) mass is 247 g/mol. The zero-order valence-electron chi connectivity index (χ0n) is 9.41. The lowest BCUT2D eigenvalue weighted by Gasteiger charge is -2.07. The largest absolute Gasteiger partial charge is 0.345 e. The summed E-state index contributed by atoms with van der Waals surface area (Å²) in [6.07, 6.45) is 0. The minimum Gasteiger partial charge on any atom is -0.345 e. The molecule has 17 heavy (non-hydrogen) atoms. The molecule has 0 unspecified atom stereocenters. The summed E-state index contributed by atoms with van der Waals surface area (Å²) in [4.78, 5) is 0. The van der Waals surface area contributed by atoms with Crippen molar-refractivity contribution in [1.29, 1.82) is 5.26 Å². The molecule has 0 aliphatic carbocycles. The van der Waals surface area contributed by atoms with E-state index in [1.807, 2.05) is 6.92 Å². The van der Waals surface area contributed by atoms with Gasteiger partial charge in [-0.05, 0) is 49.1 Å². The van der Waals surface area contributed by atoms with Crippen LogP contribution in [-0.4, -0.2) is 4.37 Å². The van der Waals surface area contributed by atoms with E-state index >= 15 is 0 Å². The third kappa shape index (κ3) is 2.27. The third-order valence-electron chi connectivity index (χ3n) is 2.41. The molecule has 0 aliphatic heterocycles. The molecule has 0 aliphatic rings. The summed E-state index contributed by atoms with van der Waals surface area (Å²) in [5, 5.41) is 12.8. The molecule has 2 aromatic rings. The average molecular weight is 247 g/mol. The van der Waals surface area contributed by atoms with Gasteiger partial charge in [0.25, 0.3) is 0 Å². The second-order valence-corrected chi connectivity index (χ2v) is 4.44. The first-order valence-electron chi connectivity index (χ1n) is 5.01. The molecule has 5 heteroatoms. The summed E-state index contributed by atoms with van der Waals surface area (Å²) in [7, 11) is 0. The quantitative estimate of drug-likeness (QED) is 0.883. The van der Waals surface area contributed by atoms with Gasteiger partial charge < -0.3 is 5.32 Å². The zero-order chi connectivity index (χ0) is 12.4. The van der Waals surface area contributed by atoms with Gasteiger partial charge in [0, 0.05) is 5.69 Å². The van der Waals surface area contributed by atoms with Crippen LogP contribution < -0.4 is 5.32 Å². The van der Waals surface area contributed by atoms with Crippen LogP contribution in [0.2, 0.25) is 0 Å². The van der Waals surface area contributed by atoms with Gasteiger partial charge >= 0.3 is 0 Å². The smallest absolute Gasteiger partial charge is 0.132 e. The van der Waals surface area contributed by atoms with E-state index in [9.17, 15) is 4.39 Å². The van der Waals surface area contributed by atoms with Crippen molar-refractivity contribution in [3.63, 3.8) is 0 Å². The molecule has 0 atom stereocenters. The highest BCUT2D eigenvalue weighted by molar-refractivity contribution is 7.10. The van der Waals surface area contributed by atoms with Crippen molar-refractivity contribution in [2.24, 2.45) is 0 Å². The first kappa shape index (κ1) is 11.6. The summed E-state index contributed by atoms with van der Waals surface area (Å²) in [5.74, 6) is -0.269. The van der Waals surface area contributed by atoms with Gasteiger partial charge in [0.2, 0.25) is 0 Å².